The second-order valence-electron chi connectivity index (χ2n) is 9.14. The fourth-order valence-electron chi connectivity index (χ4n) is 4.87. The first-order valence-corrected chi connectivity index (χ1v) is 12.8. The van der Waals surface area contributed by atoms with Gasteiger partial charge < -0.3 is 0 Å². The lowest BCUT2D eigenvalue weighted by Gasteiger charge is -2.11. The van der Waals surface area contributed by atoms with Crippen molar-refractivity contribution in [3.8, 4) is 0 Å². The van der Waals surface area contributed by atoms with Gasteiger partial charge in [0.15, 0.2) is 0 Å². The maximum absolute atomic E-state index is 2.35. The number of hydrogen-bond donors (Lipinski definition) is 0. The standard InChI is InChI=1S/C30H42/c1-2-3-4-5-6-7-8-9-10-11-12-13-14-15-24-30-28-22-18-16-20-26(28)25-27-21-17-19-23-29(27)30/h16-23,25H,2-15,24H2,1H3. The minimum Gasteiger partial charge on any atom is -0.0654 e. The molecule has 0 aliphatic heterocycles. The Morgan fingerprint density at radius 2 is 0.867 bits per heavy atom. The van der Waals surface area contributed by atoms with E-state index in [9.17, 15) is 0 Å². The summed E-state index contributed by atoms with van der Waals surface area (Å²) in [5.41, 5.74) is 1.56. The summed E-state index contributed by atoms with van der Waals surface area (Å²) in [6, 6.07) is 20.2. The van der Waals surface area contributed by atoms with Gasteiger partial charge in [0, 0.05) is 0 Å². The van der Waals surface area contributed by atoms with Crippen molar-refractivity contribution < 1.29 is 0 Å². The van der Waals surface area contributed by atoms with Crippen LogP contribution in [-0.4, -0.2) is 0 Å². The molecule has 0 unspecified atom stereocenters. The van der Waals surface area contributed by atoms with Gasteiger partial charge in [-0.05, 0) is 46.0 Å². The Hall–Kier alpha value is -1.82. The van der Waals surface area contributed by atoms with Crippen molar-refractivity contribution in [2.24, 2.45) is 0 Å². The van der Waals surface area contributed by atoms with E-state index in [-0.39, 0.29) is 0 Å². The van der Waals surface area contributed by atoms with Crippen LogP contribution in [0.15, 0.2) is 54.6 Å². The predicted octanol–water partition coefficient (Wildman–Crippen LogP) is 10.0. The maximum atomic E-state index is 2.35. The van der Waals surface area contributed by atoms with Crippen LogP contribution in [0, 0.1) is 0 Å². The Bertz CT molecular complexity index is 806. The molecule has 0 saturated heterocycles. The van der Waals surface area contributed by atoms with Gasteiger partial charge in [-0.3, -0.25) is 0 Å². The van der Waals surface area contributed by atoms with Crippen LogP contribution in [-0.2, 0) is 6.42 Å². The molecule has 0 fully saturated rings. The maximum Gasteiger partial charge on any atom is -0.0146 e. The first kappa shape index (κ1) is 22.9. The second kappa shape index (κ2) is 13.5. The molecule has 162 valence electrons. The van der Waals surface area contributed by atoms with Gasteiger partial charge in [0.25, 0.3) is 0 Å². The van der Waals surface area contributed by atoms with Crippen molar-refractivity contribution in [1.82, 2.24) is 0 Å². The summed E-state index contributed by atoms with van der Waals surface area (Å²) < 4.78 is 0. The summed E-state index contributed by atoms with van der Waals surface area (Å²) >= 11 is 0. The van der Waals surface area contributed by atoms with Gasteiger partial charge in [-0.25, -0.2) is 0 Å². The van der Waals surface area contributed by atoms with E-state index in [2.05, 4.69) is 61.5 Å². The molecule has 0 atom stereocenters. The van der Waals surface area contributed by atoms with E-state index >= 15 is 0 Å². The lowest BCUT2D eigenvalue weighted by molar-refractivity contribution is 0.536. The highest BCUT2D eigenvalue weighted by Crippen LogP contribution is 2.29. The third-order valence-corrected chi connectivity index (χ3v) is 6.66. The molecule has 0 bridgehead atoms. The van der Waals surface area contributed by atoms with Crippen molar-refractivity contribution in [3.05, 3.63) is 60.2 Å². The van der Waals surface area contributed by atoms with E-state index in [1.165, 1.54) is 118 Å². The number of rotatable bonds is 15. The second-order valence-corrected chi connectivity index (χ2v) is 9.14. The van der Waals surface area contributed by atoms with Crippen LogP contribution in [0.25, 0.3) is 21.5 Å². The summed E-state index contributed by atoms with van der Waals surface area (Å²) in [6.07, 6.45) is 21.1. The highest BCUT2D eigenvalue weighted by Gasteiger charge is 2.07. The first-order valence-electron chi connectivity index (χ1n) is 12.8. The summed E-state index contributed by atoms with van der Waals surface area (Å²) in [5, 5.41) is 5.67. The van der Waals surface area contributed by atoms with Crippen LogP contribution in [0.1, 0.15) is 102 Å². The molecule has 0 aliphatic carbocycles. The number of benzene rings is 3. The molecule has 0 N–H and O–H groups in total. The molecule has 3 rings (SSSR count). The van der Waals surface area contributed by atoms with Crippen LogP contribution in [0.5, 0.6) is 0 Å². The van der Waals surface area contributed by atoms with E-state index < -0.39 is 0 Å². The van der Waals surface area contributed by atoms with Gasteiger partial charge in [-0.1, -0.05) is 139 Å². The zero-order valence-electron chi connectivity index (χ0n) is 19.3. The normalized spacial score (nSPS) is 11.5. The zero-order chi connectivity index (χ0) is 20.9. The fraction of sp³-hybridized carbons (Fsp3) is 0.533. The molecule has 0 nitrogen and oxygen atoms in total. The molecular formula is C30H42. The number of fused-ring (bicyclic) bond motifs is 2. The highest BCUT2D eigenvalue weighted by atomic mass is 14.1. The topological polar surface area (TPSA) is 0 Å². The third kappa shape index (κ3) is 7.15. The zero-order valence-corrected chi connectivity index (χ0v) is 19.3. The van der Waals surface area contributed by atoms with Gasteiger partial charge in [0.05, 0.1) is 0 Å². The fourth-order valence-corrected chi connectivity index (χ4v) is 4.87. The van der Waals surface area contributed by atoms with Crippen LogP contribution >= 0.6 is 0 Å². The Morgan fingerprint density at radius 1 is 0.467 bits per heavy atom. The van der Waals surface area contributed by atoms with Crippen molar-refractivity contribution in [3.63, 3.8) is 0 Å². The van der Waals surface area contributed by atoms with E-state index in [1.54, 1.807) is 5.56 Å². The molecule has 0 amide bonds. The molecule has 0 heterocycles. The van der Waals surface area contributed by atoms with E-state index in [1.807, 2.05) is 0 Å². The molecule has 0 aliphatic rings. The first-order chi connectivity index (χ1) is 14.9. The van der Waals surface area contributed by atoms with Gasteiger partial charge in [0.1, 0.15) is 0 Å². The summed E-state index contributed by atoms with van der Waals surface area (Å²) in [6.45, 7) is 2.30. The average Bonchev–Trinajstić information content (AvgIpc) is 2.78. The molecule has 0 aromatic heterocycles. The Morgan fingerprint density at radius 3 is 1.33 bits per heavy atom. The van der Waals surface area contributed by atoms with Crippen LogP contribution in [0.4, 0.5) is 0 Å². The largest absolute Gasteiger partial charge is 0.0654 e. The molecule has 3 aromatic rings. The lowest BCUT2D eigenvalue weighted by atomic mass is 9.93. The average molecular weight is 403 g/mol. The molecule has 0 saturated carbocycles. The van der Waals surface area contributed by atoms with E-state index in [4.69, 9.17) is 0 Å². The minimum absolute atomic E-state index is 1.21. The minimum atomic E-state index is 1.21. The van der Waals surface area contributed by atoms with Crippen molar-refractivity contribution in [2.75, 3.05) is 0 Å². The van der Waals surface area contributed by atoms with Crippen molar-refractivity contribution in [2.45, 2.75) is 103 Å². The molecule has 0 heteroatoms. The van der Waals surface area contributed by atoms with Gasteiger partial charge in [-0.2, -0.15) is 0 Å². The Kier molecular flexibility index (Phi) is 10.3. The Balaban J connectivity index is 1.32. The molecule has 0 spiro atoms. The number of unbranched alkanes of at least 4 members (excludes halogenated alkanes) is 13. The van der Waals surface area contributed by atoms with Crippen molar-refractivity contribution >= 4 is 21.5 Å². The third-order valence-electron chi connectivity index (χ3n) is 6.66. The molecule has 3 aromatic carbocycles. The lowest BCUT2D eigenvalue weighted by Crippen LogP contribution is -1.91. The number of aryl methyl sites for hydroxylation is 1. The molecular weight excluding hydrogens is 360 g/mol. The van der Waals surface area contributed by atoms with Crippen LogP contribution < -0.4 is 0 Å². The predicted molar refractivity (Wildman–Crippen MR) is 135 cm³/mol. The van der Waals surface area contributed by atoms with Gasteiger partial charge in [0.2, 0.25) is 0 Å². The summed E-state index contributed by atoms with van der Waals surface area (Å²) in [5.74, 6) is 0. The Labute approximate surface area is 185 Å². The molecule has 0 radical (unpaired) electrons. The molecule has 30 heavy (non-hydrogen) atoms. The van der Waals surface area contributed by atoms with E-state index in [0.29, 0.717) is 0 Å². The monoisotopic (exact) mass is 402 g/mol. The smallest absolute Gasteiger partial charge is 0.0146 e. The van der Waals surface area contributed by atoms with Gasteiger partial charge in [-0.15, -0.1) is 0 Å². The van der Waals surface area contributed by atoms with Crippen LogP contribution in [0.2, 0.25) is 0 Å². The van der Waals surface area contributed by atoms with Gasteiger partial charge >= 0.3 is 0 Å². The van der Waals surface area contributed by atoms with Crippen molar-refractivity contribution in [1.29, 1.82) is 0 Å². The van der Waals surface area contributed by atoms with E-state index in [0.717, 1.165) is 0 Å². The number of hydrogen-bond acceptors (Lipinski definition) is 0. The SMILES string of the molecule is CCCCCCCCCCCCCCCCc1c2ccccc2cc2ccccc12. The quantitative estimate of drug-likeness (QED) is 0.175. The highest BCUT2D eigenvalue weighted by molar-refractivity contribution is 6.02. The summed E-state index contributed by atoms with van der Waals surface area (Å²) in [7, 11) is 0. The summed E-state index contributed by atoms with van der Waals surface area (Å²) in [4.78, 5) is 0. The van der Waals surface area contributed by atoms with Crippen LogP contribution in [0.3, 0.4) is 0 Å².